The summed E-state index contributed by atoms with van der Waals surface area (Å²) in [7, 11) is 3.21. The number of methoxy groups -OCH3 is 1. The number of piperazine rings is 1. The molecule has 196 valence electrons. The smallest absolute Gasteiger partial charge is 0.495 e. The SMILES string of the molecule is COc1ccc(N2CCN(C(=O)c3nc(NC(=O)Nc4ccc(OC(F)(F)F)cc4)cn3C)CC2)nc1. The molecule has 4 rings (SSSR count). The number of alkyl halides is 3. The average Bonchev–Trinajstić information content (AvgIpc) is 3.23. The second-order valence-electron chi connectivity index (χ2n) is 8.05. The number of hydrogen-bond donors (Lipinski definition) is 2. The molecule has 14 heteroatoms. The van der Waals surface area contributed by atoms with Crippen LogP contribution in [-0.4, -0.2) is 71.0 Å². The summed E-state index contributed by atoms with van der Waals surface area (Å²) >= 11 is 0. The maximum atomic E-state index is 13.0. The molecule has 1 saturated heterocycles. The molecule has 1 aliphatic heterocycles. The monoisotopic (exact) mass is 519 g/mol. The fraction of sp³-hybridized carbons (Fsp3) is 0.304. The van der Waals surface area contributed by atoms with Gasteiger partial charge >= 0.3 is 12.4 Å². The topological polar surface area (TPSA) is 114 Å². The highest BCUT2D eigenvalue weighted by Crippen LogP contribution is 2.24. The Balaban J connectivity index is 1.31. The maximum absolute atomic E-state index is 13.0. The van der Waals surface area contributed by atoms with Gasteiger partial charge in [0.1, 0.15) is 17.3 Å². The molecule has 3 amide bonds. The van der Waals surface area contributed by atoms with Gasteiger partial charge in [-0.25, -0.2) is 14.8 Å². The number of urea groups is 1. The molecule has 0 saturated carbocycles. The van der Waals surface area contributed by atoms with Gasteiger partial charge in [-0.05, 0) is 36.4 Å². The number of rotatable bonds is 6. The van der Waals surface area contributed by atoms with Gasteiger partial charge in [-0.1, -0.05) is 0 Å². The van der Waals surface area contributed by atoms with Gasteiger partial charge in [-0.3, -0.25) is 10.1 Å². The number of ether oxygens (including phenoxy) is 2. The number of imidazole rings is 1. The number of nitrogens with zero attached hydrogens (tertiary/aromatic N) is 5. The van der Waals surface area contributed by atoms with E-state index in [1.54, 1.807) is 25.3 Å². The lowest BCUT2D eigenvalue weighted by molar-refractivity contribution is -0.274. The number of nitrogens with one attached hydrogen (secondary N) is 2. The van der Waals surface area contributed by atoms with E-state index in [1.807, 2.05) is 12.1 Å². The molecule has 3 aromatic rings. The van der Waals surface area contributed by atoms with E-state index in [-0.39, 0.29) is 23.2 Å². The highest BCUT2D eigenvalue weighted by atomic mass is 19.4. The van der Waals surface area contributed by atoms with Crippen LogP contribution in [0, 0.1) is 0 Å². The fourth-order valence-corrected chi connectivity index (χ4v) is 3.70. The van der Waals surface area contributed by atoms with Crippen molar-refractivity contribution in [1.29, 1.82) is 0 Å². The number of aryl methyl sites for hydroxylation is 1. The number of carbonyl (C=O) groups is 2. The molecule has 1 aliphatic rings. The molecule has 0 spiro atoms. The summed E-state index contributed by atoms with van der Waals surface area (Å²) in [5, 5.41) is 4.99. The number of carbonyl (C=O) groups excluding carboxylic acids is 2. The molecule has 2 aromatic heterocycles. The maximum Gasteiger partial charge on any atom is 0.573 e. The van der Waals surface area contributed by atoms with Crippen LogP contribution >= 0.6 is 0 Å². The summed E-state index contributed by atoms with van der Waals surface area (Å²) in [5.74, 6) is 1.07. The number of anilines is 3. The van der Waals surface area contributed by atoms with Crippen molar-refractivity contribution in [3.63, 3.8) is 0 Å². The Morgan fingerprint density at radius 1 is 0.973 bits per heavy atom. The Morgan fingerprint density at radius 2 is 1.65 bits per heavy atom. The van der Waals surface area contributed by atoms with Crippen LogP contribution in [0.25, 0.3) is 0 Å². The Labute approximate surface area is 209 Å². The molecule has 0 unspecified atom stereocenters. The summed E-state index contributed by atoms with van der Waals surface area (Å²) < 4.78 is 47.2. The minimum absolute atomic E-state index is 0.140. The van der Waals surface area contributed by atoms with Crippen LogP contribution in [0.2, 0.25) is 0 Å². The first-order valence-electron chi connectivity index (χ1n) is 11.1. The van der Waals surface area contributed by atoms with Crippen molar-refractivity contribution in [2.75, 3.05) is 48.8 Å². The standard InChI is InChI=1S/C23H24F3N7O4/c1-31-14-18(30-22(35)28-15-3-5-16(6-4-15)37-23(24,25)26)29-20(31)21(34)33-11-9-32(10-12-33)19-8-7-17(36-2)13-27-19/h3-8,13-14H,9-12H2,1-2H3,(H2,28,30,35). The van der Waals surface area contributed by atoms with Crippen molar-refractivity contribution in [2.45, 2.75) is 6.36 Å². The van der Waals surface area contributed by atoms with Crippen LogP contribution < -0.4 is 25.0 Å². The number of halogens is 3. The van der Waals surface area contributed by atoms with E-state index in [1.165, 1.54) is 22.9 Å². The third-order valence-corrected chi connectivity index (χ3v) is 5.50. The van der Waals surface area contributed by atoms with Crippen LogP contribution in [0.4, 0.5) is 35.3 Å². The molecule has 11 nitrogen and oxygen atoms in total. The predicted octanol–water partition coefficient (Wildman–Crippen LogP) is 3.33. The van der Waals surface area contributed by atoms with Crippen LogP contribution in [0.1, 0.15) is 10.6 Å². The number of amides is 3. The van der Waals surface area contributed by atoms with Crippen molar-refractivity contribution in [3.8, 4) is 11.5 Å². The first kappa shape index (κ1) is 25.6. The molecular formula is C23H24F3N7O4. The zero-order chi connectivity index (χ0) is 26.6. The van der Waals surface area contributed by atoms with Crippen molar-refractivity contribution in [3.05, 3.63) is 54.6 Å². The first-order chi connectivity index (χ1) is 17.6. The van der Waals surface area contributed by atoms with E-state index < -0.39 is 18.1 Å². The summed E-state index contributed by atoms with van der Waals surface area (Å²) in [6, 6.07) is 7.68. The Bertz CT molecular complexity index is 1240. The van der Waals surface area contributed by atoms with Crippen LogP contribution in [-0.2, 0) is 7.05 Å². The molecule has 3 heterocycles. The zero-order valence-corrected chi connectivity index (χ0v) is 20.0. The summed E-state index contributed by atoms with van der Waals surface area (Å²) in [4.78, 5) is 37.7. The largest absolute Gasteiger partial charge is 0.573 e. The average molecular weight is 519 g/mol. The van der Waals surface area contributed by atoms with Crippen molar-refractivity contribution >= 4 is 29.3 Å². The summed E-state index contributed by atoms with van der Waals surface area (Å²) in [6.45, 7) is 2.12. The summed E-state index contributed by atoms with van der Waals surface area (Å²) in [5.41, 5.74) is 0.239. The second-order valence-corrected chi connectivity index (χ2v) is 8.05. The van der Waals surface area contributed by atoms with Gasteiger partial charge in [-0.2, -0.15) is 0 Å². The number of benzene rings is 1. The van der Waals surface area contributed by atoms with Gasteiger partial charge in [0.25, 0.3) is 5.91 Å². The van der Waals surface area contributed by atoms with Gasteiger partial charge in [0.2, 0.25) is 5.82 Å². The minimum Gasteiger partial charge on any atom is -0.495 e. The molecule has 0 bridgehead atoms. The lowest BCUT2D eigenvalue weighted by Crippen LogP contribution is -2.49. The van der Waals surface area contributed by atoms with Crippen LogP contribution in [0.5, 0.6) is 11.5 Å². The Hall–Kier alpha value is -4.49. The van der Waals surface area contributed by atoms with Gasteiger partial charge in [0.05, 0.1) is 13.3 Å². The van der Waals surface area contributed by atoms with E-state index in [0.717, 1.165) is 18.0 Å². The highest BCUT2D eigenvalue weighted by Gasteiger charge is 2.31. The number of aromatic nitrogens is 3. The van der Waals surface area contributed by atoms with Crippen LogP contribution in [0.3, 0.4) is 0 Å². The van der Waals surface area contributed by atoms with Gasteiger partial charge < -0.3 is 29.2 Å². The van der Waals surface area contributed by atoms with Crippen molar-refractivity contribution < 1.29 is 32.2 Å². The first-order valence-corrected chi connectivity index (χ1v) is 11.1. The zero-order valence-electron chi connectivity index (χ0n) is 20.0. The normalized spacial score (nSPS) is 13.8. The van der Waals surface area contributed by atoms with Gasteiger partial charge in [-0.15, -0.1) is 13.2 Å². The highest BCUT2D eigenvalue weighted by molar-refractivity contribution is 6.00. The van der Waals surface area contributed by atoms with Gasteiger partial charge in [0, 0.05) is 45.1 Å². The Kier molecular flexibility index (Phi) is 7.36. The van der Waals surface area contributed by atoms with E-state index in [4.69, 9.17) is 4.74 Å². The lowest BCUT2D eigenvalue weighted by atomic mass is 10.3. The van der Waals surface area contributed by atoms with Crippen molar-refractivity contribution in [2.24, 2.45) is 7.05 Å². The molecule has 1 aromatic carbocycles. The third-order valence-electron chi connectivity index (χ3n) is 5.50. The Morgan fingerprint density at radius 3 is 2.24 bits per heavy atom. The lowest BCUT2D eigenvalue weighted by Gasteiger charge is -2.35. The molecular weight excluding hydrogens is 495 g/mol. The molecule has 0 atom stereocenters. The quantitative estimate of drug-likeness (QED) is 0.514. The second kappa shape index (κ2) is 10.6. The van der Waals surface area contributed by atoms with E-state index in [9.17, 15) is 22.8 Å². The number of pyridine rings is 1. The molecule has 0 radical (unpaired) electrons. The predicted molar refractivity (Wildman–Crippen MR) is 128 cm³/mol. The van der Waals surface area contributed by atoms with E-state index >= 15 is 0 Å². The molecule has 0 aliphatic carbocycles. The fourth-order valence-electron chi connectivity index (χ4n) is 3.70. The molecule has 37 heavy (non-hydrogen) atoms. The van der Waals surface area contributed by atoms with E-state index in [0.29, 0.717) is 31.9 Å². The summed E-state index contributed by atoms with van der Waals surface area (Å²) in [6.07, 6.45) is -1.67. The minimum atomic E-state index is -4.80. The van der Waals surface area contributed by atoms with Gasteiger partial charge in [0.15, 0.2) is 5.82 Å². The van der Waals surface area contributed by atoms with E-state index in [2.05, 4.69) is 30.2 Å². The van der Waals surface area contributed by atoms with Crippen LogP contribution in [0.15, 0.2) is 48.8 Å². The number of hydrogen-bond acceptors (Lipinski definition) is 7. The third kappa shape index (κ3) is 6.59. The van der Waals surface area contributed by atoms with Crippen molar-refractivity contribution in [1.82, 2.24) is 19.4 Å². The molecule has 2 N–H and O–H groups in total. The molecule has 1 fully saturated rings.